The Kier molecular flexibility index (Phi) is 6.35. The van der Waals surface area contributed by atoms with Crippen LogP contribution in [0, 0.1) is 5.82 Å². The summed E-state index contributed by atoms with van der Waals surface area (Å²) in [7, 11) is -7.74. The summed E-state index contributed by atoms with van der Waals surface area (Å²) in [5, 5.41) is 4.91. The third kappa shape index (κ3) is 4.33. The molecule has 1 saturated heterocycles. The van der Waals surface area contributed by atoms with Crippen LogP contribution in [0.25, 0.3) is 10.9 Å². The second-order valence-corrected chi connectivity index (χ2v) is 15.2. The molecule has 4 aromatic rings. The fraction of sp³-hybridized carbons (Fsp3) is 0.333. The molecule has 210 valence electrons. The quantitative estimate of drug-likeness (QED) is 0.317. The summed E-state index contributed by atoms with van der Waals surface area (Å²) in [5.74, 6) is 0.770. The van der Waals surface area contributed by atoms with Crippen molar-refractivity contribution in [3.63, 3.8) is 0 Å². The van der Waals surface area contributed by atoms with Gasteiger partial charge in [0.15, 0.2) is 15.7 Å². The molecule has 1 aliphatic heterocycles. The molecule has 1 spiro atoms. The van der Waals surface area contributed by atoms with Gasteiger partial charge in [-0.1, -0.05) is 17.7 Å². The number of fused-ring (bicyclic) bond motifs is 1. The number of hydrogen-bond donors (Lipinski definition) is 0. The van der Waals surface area contributed by atoms with E-state index in [1.807, 2.05) is 0 Å². The number of rotatable bonds is 6. The lowest BCUT2D eigenvalue weighted by Crippen LogP contribution is -2.55. The topological polar surface area (TPSA) is 105 Å². The Morgan fingerprint density at radius 2 is 1.65 bits per heavy atom. The summed E-state index contributed by atoms with van der Waals surface area (Å²) in [6.07, 6.45) is 2.95. The monoisotopic (exact) mass is 603 g/mol. The Bertz CT molecular complexity index is 1820. The molecule has 0 N–H and O–H groups in total. The Morgan fingerprint density at radius 1 is 0.950 bits per heavy atom. The van der Waals surface area contributed by atoms with Crippen molar-refractivity contribution >= 4 is 54.0 Å². The van der Waals surface area contributed by atoms with E-state index >= 15 is 0 Å². The minimum atomic E-state index is -4.19. The molecule has 1 aliphatic carbocycles. The predicted molar refractivity (Wildman–Crippen MR) is 152 cm³/mol. The van der Waals surface area contributed by atoms with Crippen LogP contribution in [0.1, 0.15) is 26.7 Å². The lowest BCUT2D eigenvalue weighted by Gasteiger charge is -2.43. The number of anilines is 2. The molecule has 6 rings (SSSR count). The molecule has 0 bridgehead atoms. The Morgan fingerprint density at radius 3 is 2.27 bits per heavy atom. The zero-order valence-electron chi connectivity index (χ0n) is 21.8. The van der Waals surface area contributed by atoms with Crippen LogP contribution < -0.4 is 9.80 Å². The van der Waals surface area contributed by atoms with E-state index in [0.717, 1.165) is 16.9 Å². The van der Waals surface area contributed by atoms with Crippen molar-refractivity contribution in [1.29, 1.82) is 0 Å². The summed E-state index contributed by atoms with van der Waals surface area (Å²) in [5.41, 5.74) is 0.0516. The van der Waals surface area contributed by atoms with E-state index < -0.39 is 30.9 Å². The summed E-state index contributed by atoms with van der Waals surface area (Å²) in [4.78, 5) is 8.44. The number of aromatic nitrogens is 3. The van der Waals surface area contributed by atoms with E-state index in [1.165, 1.54) is 36.5 Å². The van der Waals surface area contributed by atoms with Gasteiger partial charge in [-0.25, -0.2) is 17.8 Å². The summed E-state index contributed by atoms with van der Waals surface area (Å²) in [6.45, 7) is 4.90. The molecule has 1 saturated carbocycles. The first-order valence-corrected chi connectivity index (χ1v) is 16.2. The molecular formula is C27H27ClFN5O4S2. The average molecular weight is 604 g/mol. The maximum atomic E-state index is 13.8. The number of piperazine rings is 1. The van der Waals surface area contributed by atoms with Gasteiger partial charge in [0, 0.05) is 19.6 Å². The Hall–Kier alpha value is -3.22. The first kappa shape index (κ1) is 27.0. The SMILES string of the molecule is CC(C)S(=O)(=O)c1ccc(S(=O)(=O)n2nc(N3CCN(c4ccc(F)cn4)CC34CC4)c3c(Cl)cccc32)cc1. The highest BCUT2D eigenvalue weighted by molar-refractivity contribution is 7.92. The minimum absolute atomic E-state index is 0.0553. The second kappa shape index (κ2) is 9.42. The zero-order chi connectivity index (χ0) is 28.4. The molecule has 2 aliphatic rings. The number of hydrogen-bond acceptors (Lipinski definition) is 8. The van der Waals surface area contributed by atoms with Crippen molar-refractivity contribution in [3.05, 3.63) is 71.6 Å². The Labute approximate surface area is 237 Å². The molecule has 9 nitrogen and oxygen atoms in total. The molecule has 2 aromatic heterocycles. The van der Waals surface area contributed by atoms with Gasteiger partial charge in [-0.15, -0.1) is 5.10 Å². The van der Waals surface area contributed by atoms with Crippen LogP contribution in [-0.2, 0) is 19.9 Å². The van der Waals surface area contributed by atoms with E-state index in [1.54, 1.807) is 38.1 Å². The van der Waals surface area contributed by atoms with Crippen molar-refractivity contribution in [2.45, 2.75) is 47.3 Å². The van der Waals surface area contributed by atoms with Crippen LogP contribution in [0.3, 0.4) is 0 Å². The van der Waals surface area contributed by atoms with Crippen LogP contribution >= 0.6 is 11.6 Å². The standard InChI is InChI=1S/C27H27ClFN5O4S2/c1-18(2)39(35,36)20-7-9-21(10-8-20)40(37,38)34-23-5-3-4-22(28)25(23)26(31-34)33-15-14-32(17-27(33)12-13-27)24-11-6-19(29)16-30-24/h3-11,16,18H,12-15,17H2,1-2H3. The molecule has 0 unspecified atom stereocenters. The molecule has 0 radical (unpaired) electrons. The molecule has 13 heteroatoms. The van der Waals surface area contributed by atoms with Crippen LogP contribution in [0.5, 0.6) is 0 Å². The lowest BCUT2D eigenvalue weighted by molar-refractivity contribution is 0.501. The van der Waals surface area contributed by atoms with E-state index in [-0.39, 0.29) is 15.3 Å². The Balaban J connectivity index is 1.39. The van der Waals surface area contributed by atoms with E-state index in [2.05, 4.69) is 19.9 Å². The van der Waals surface area contributed by atoms with E-state index in [4.69, 9.17) is 11.6 Å². The van der Waals surface area contributed by atoms with Gasteiger partial charge in [0.1, 0.15) is 11.6 Å². The number of benzene rings is 2. The van der Waals surface area contributed by atoms with Gasteiger partial charge < -0.3 is 9.80 Å². The van der Waals surface area contributed by atoms with Crippen LogP contribution in [-0.4, -0.2) is 61.4 Å². The fourth-order valence-corrected chi connectivity index (χ4v) is 7.85. The largest absolute Gasteiger partial charge is 0.352 e. The lowest BCUT2D eigenvalue weighted by atomic mass is 10.1. The number of pyridine rings is 1. The zero-order valence-corrected chi connectivity index (χ0v) is 24.2. The van der Waals surface area contributed by atoms with Crippen LogP contribution in [0.4, 0.5) is 16.0 Å². The van der Waals surface area contributed by atoms with Gasteiger partial charge >= 0.3 is 0 Å². The molecule has 3 heterocycles. The first-order valence-electron chi connectivity index (χ1n) is 12.8. The fourth-order valence-electron chi connectivity index (χ4n) is 5.26. The minimum Gasteiger partial charge on any atom is -0.352 e. The van der Waals surface area contributed by atoms with Gasteiger partial charge in [0.05, 0.1) is 42.7 Å². The highest BCUT2D eigenvalue weighted by Crippen LogP contribution is 2.49. The molecule has 2 fully saturated rings. The van der Waals surface area contributed by atoms with Gasteiger partial charge in [0.25, 0.3) is 10.0 Å². The van der Waals surface area contributed by atoms with Crippen LogP contribution in [0.15, 0.2) is 70.6 Å². The maximum absolute atomic E-state index is 13.8. The third-order valence-corrected chi connectivity index (χ3v) is 11.8. The van der Waals surface area contributed by atoms with Crippen molar-refractivity contribution < 1.29 is 21.2 Å². The third-order valence-electron chi connectivity index (χ3n) is 7.68. The normalized spacial score (nSPS) is 17.2. The van der Waals surface area contributed by atoms with Gasteiger partial charge in [0.2, 0.25) is 0 Å². The summed E-state index contributed by atoms with van der Waals surface area (Å²) >= 11 is 6.65. The molecule has 0 atom stereocenters. The predicted octanol–water partition coefficient (Wildman–Crippen LogP) is 4.50. The van der Waals surface area contributed by atoms with E-state index in [9.17, 15) is 21.2 Å². The maximum Gasteiger partial charge on any atom is 0.283 e. The van der Waals surface area contributed by atoms with E-state index in [0.29, 0.717) is 47.2 Å². The smallest absolute Gasteiger partial charge is 0.283 e. The molecular weight excluding hydrogens is 577 g/mol. The number of sulfone groups is 1. The number of halogens is 2. The second-order valence-electron chi connectivity index (χ2n) is 10.5. The summed E-state index contributed by atoms with van der Waals surface area (Å²) in [6, 6.07) is 13.3. The molecule has 40 heavy (non-hydrogen) atoms. The highest BCUT2D eigenvalue weighted by Gasteiger charge is 2.53. The number of nitrogens with zero attached hydrogens (tertiary/aromatic N) is 5. The molecule has 0 amide bonds. The van der Waals surface area contributed by atoms with Crippen molar-refractivity contribution in [1.82, 2.24) is 14.2 Å². The van der Waals surface area contributed by atoms with Gasteiger partial charge in [-0.3, -0.25) is 0 Å². The van der Waals surface area contributed by atoms with Crippen LogP contribution in [0.2, 0.25) is 5.02 Å². The first-order chi connectivity index (χ1) is 18.9. The molecule has 2 aromatic carbocycles. The average Bonchev–Trinajstić information content (AvgIpc) is 3.57. The van der Waals surface area contributed by atoms with Crippen molar-refractivity contribution in [2.24, 2.45) is 0 Å². The highest BCUT2D eigenvalue weighted by atomic mass is 35.5. The van der Waals surface area contributed by atoms with Crippen molar-refractivity contribution in [2.75, 3.05) is 29.4 Å². The van der Waals surface area contributed by atoms with Crippen molar-refractivity contribution in [3.8, 4) is 0 Å². The van der Waals surface area contributed by atoms with Gasteiger partial charge in [-0.2, -0.15) is 12.5 Å². The summed E-state index contributed by atoms with van der Waals surface area (Å²) < 4.78 is 67.2. The van der Waals surface area contributed by atoms with Gasteiger partial charge in [-0.05, 0) is 75.2 Å².